The highest BCUT2D eigenvalue weighted by Gasteiger charge is 2.28. The summed E-state index contributed by atoms with van der Waals surface area (Å²) < 4.78 is 5.49. The number of benzene rings is 1. The number of amides is 3. The normalized spacial score (nSPS) is 24.8. The third-order valence-electron chi connectivity index (χ3n) is 5.88. The second-order valence-electron chi connectivity index (χ2n) is 7.82. The van der Waals surface area contributed by atoms with Crippen LogP contribution >= 0.6 is 12.4 Å². The van der Waals surface area contributed by atoms with Gasteiger partial charge in [-0.15, -0.1) is 12.4 Å². The molecular formula is C21H33ClN4O3. The van der Waals surface area contributed by atoms with Crippen molar-refractivity contribution in [2.24, 2.45) is 5.92 Å². The van der Waals surface area contributed by atoms with E-state index in [1.807, 2.05) is 24.3 Å². The number of carbonyl (C=O) groups excluding carboxylic acids is 2. The third-order valence-corrected chi connectivity index (χ3v) is 5.88. The summed E-state index contributed by atoms with van der Waals surface area (Å²) in [5.41, 5.74) is 1.05. The molecule has 162 valence electrons. The number of urea groups is 1. The smallest absolute Gasteiger partial charge is 0.321 e. The number of rotatable bonds is 5. The molecule has 3 amide bonds. The first-order chi connectivity index (χ1) is 13.6. The van der Waals surface area contributed by atoms with Gasteiger partial charge in [0.05, 0.1) is 19.7 Å². The van der Waals surface area contributed by atoms with Gasteiger partial charge in [0.25, 0.3) is 0 Å². The van der Waals surface area contributed by atoms with Crippen molar-refractivity contribution in [3.63, 3.8) is 0 Å². The number of ether oxygens (including phenoxy) is 1. The summed E-state index contributed by atoms with van der Waals surface area (Å²) in [4.78, 5) is 26.9. The van der Waals surface area contributed by atoms with Crippen LogP contribution in [-0.2, 0) is 4.79 Å². The lowest BCUT2D eigenvalue weighted by Crippen LogP contribution is -2.53. The first-order valence-electron chi connectivity index (χ1n) is 10.3. The lowest BCUT2D eigenvalue weighted by Gasteiger charge is -2.36. The van der Waals surface area contributed by atoms with E-state index in [4.69, 9.17) is 4.74 Å². The molecule has 0 spiro atoms. The monoisotopic (exact) mass is 424 g/mol. The molecule has 1 saturated heterocycles. The van der Waals surface area contributed by atoms with Crippen molar-refractivity contribution < 1.29 is 14.3 Å². The summed E-state index contributed by atoms with van der Waals surface area (Å²) in [6.07, 6.45) is 4.45. The van der Waals surface area contributed by atoms with Gasteiger partial charge < -0.3 is 15.4 Å². The Hall–Kier alpha value is -1.83. The van der Waals surface area contributed by atoms with Gasteiger partial charge in [0.1, 0.15) is 5.75 Å². The van der Waals surface area contributed by atoms with E-state index in [0.29, 0.717) is 5.92 Å². The lowest BCUT2D eigenvalue weighted by atomic mass is 9.86. The summed E-state index contributed by atoms with van der Waals surface area (Å²) in [7, 11) is 1.66. The average Bonchev–Trinajstić information content (AvgIpc) is 2.70. The number of para-hydroxylation sites is 1. The van der Waals surface area contributed by atoms with Crippen LogP contribution < -0.4 is 20.7 Å². The zero-order valence-corrected chi connectivity index (χ0v) is 18.1. The minimum atomic E-state index is -0.382. The van der Waals surface area contributed by atoms with Gasteiger partial charge in [-0.05, 0) is 24.8 Å². The summed E-state index contributed by atoms with van der Waals surface area (Å²) >= 11 is 0. The van der Waals surface area contributed by atoms with E-state index in [1.165, 1.54) is 6.42 Å². The van der Waals surface area contributed by atoms with Gasteiger partial charge in [-0.3, -0.25) is 15.0 Å². The Morgan fingerprint density at radius 1 is 1.24 bits per heavy atom. The number of imide groups is 1. The van der Waals surface area contributed by atoms with Gasteiger partial charge >= 0.3 is 6.03 Å². The lowest BCUT2D eigenvalue weighted by molar-refractivity contribution is -0.122. The Balaban J connectivity index is 0.00000300. The van der Waals surface area contributed by atoms with Crippen LogP contribution in [0.5, 0.6) is 5.75 Å². The molecule has 0 bridgehead atoms. The Labute approximate surface area is 179 Å². The second-order valence-corrected chi connectivity index (χ2v) is 7.82. The number of piperazine rings is 1. The van der Waals surface area contributed by atoms with Crippen LogP contribution in [0.1, 0.15) is 44.2 Å². The molecule has 8 heteroatoms. The van der Waals surface area contributed by atoms with Gasteiger partial charge in [-0.1, -0.05) is 38.0 Å². The van der Waals surface area contributed by atoms with E-state index in [2.05, 4.69) is 27.8 Å². The minimum absolute atomic E-state index is 0. The number of methoxy groups -OCH3 is 1. The third kappa shape index (κ3) is 6.32. The Bertz CT molecular complexity index is 688. The van der Waals surface area contributed by atoms with Gasteiger partial charge in [0.2, 0.25) is 5.91 Å². The van der Waals surface area contributed by atoms with E-state index >= 15 is 0 Å². The second kappa shape index (κ2) is 11.4. The fourth-order valence-electron chi connectivity index (χ4n) is 4.27. The van der Waals surface area contributed by atoms with Gasteiger partial charge in [-0.25, -0.2) is 4.79 Å². The fourth-order valence-corrected chi connectivity index (χ4v) is 4.27. The van der Waals surface area contributed by atoms with Crippen LogP contribution in [0.4, 0.5) is 4.79 Å². The topological polar surface area (TPSA) is 82.7 Å². The summed E-state index contributed by atoms with van der Waals surface area (Å²) in [6, 6.07) is 7.67. The molecule has 1 saturated carbocycles. The maximum atomic E-state index is 12.5. The standard InChI is InChI=1S/C21H32N4O3.ClH/c1-15-7-3-5-9-17(15)23-21(27)24-20(26)14-25-12-11-22-13-18(25)16-8-4-6-10-19(16)28-2;/h4,6,8,10,15,17-18,22H,3,5,7,9,11-14H2,1-2H3,(H2,23,24,26,27);1H. The molecule has 2 aliphatic rings. The van der Waals surface area contributed by atoms with Gasteiger partial charge in [0.15, 0.2) is 0 Å². The molecular weight excluding hydrogens is 392 g/mol. The zero-order valence-electron chi connectivity index (χ0n) is 17.3. The molecule has 1 aliphatic carbocycles. The molecule has 3 atom stereocenters. The van der Waals surface area contributed by atoms with Crippen molar-refractivity contribution in [2.45, 2.75) is 44.7 Å². The van der Waals surface area contributed by atoms with Crippen LogP contribution in [0.15, 0.2) is 24.3 Å². The van der Waals surface area contributed by atoms with Crippen molar-refractivity contribution in [1.29, 1.82) is 0 Å². The number of hydrogen-bond donors (Lipinski definition) is 3. The van der Waals surface area contributed by atoms with E-state index in [1.54, 1.807) is 7.11 Å². The number of halogens is 1. The molecule has 1 aliphatic heterocycles. The fraction of sp³-hybridized carbons (Fsp3) is 0.619. The largest absolute Gasteiger partial charge is 0.496 e. The van der Waals surface area contributed by atoms with Crippen molar-refractivity contribution in [3.05, 3.63) is 29.8 Å². The first-order valence-corrected chi connectivity index (χ1v) is 10.3. The molecule has 2 fully saturated rings. The van der Waals surface area contributed by atoms with E-state index in [9.17, 15) is 9.59 Å². The maximum absolute atomic E-state index is 12.5. The van der Waals surface area contributed by atoms with Crippen molar-refractivity contribution in [2.75, 3.05) is 33.3 Å². The number of nitrogens with one attached hydrogen (secondary N) is 3. The number of carbonyl (C=O) groups is 2. The molecule has 0 aromatic heterocycles. The predicted molar refractivity (Wildman–Crippen MR) is 116 cm³/mol. The highest BCUT2D eigenvalue weighted by Crippen LogP contribution is 2.29. The zero-order chi connectivity index (χ0) is 19.9. The molecule has 3 rings (SSSR count). The van der Waals surface area contributed by atoms with Crippen molar-refractivity contribution >= 4 is 24.3 Å². The van der Waals surface area contributed by atoms with Crippen molar-refractivity contribution in [1.82, 2.24) is 20.9 Å². The number of nitrogens with zero attached hydrogens (tertiary/aromatic N) is 1. The van der Waals surface area contributed by atoms with E-state index in [0.717, 1.165) is 50.2 Å². The molecule has 1 heterocycles. The van der Waals surface area contributed by atoms with Gasteiger partial charge in [-0.2, -0.15) is 0 Å². The molecule has 1 aromatic rings. The van der Waals surface area contributed by atoms with Crippen LogP contribution in [0.2, 0.25) is 0 Å². The van der Waals surface area contributed by atoms with Crippen LogP contribution in [0.3, 0.4) is 0 Å². The molecule has 1 aromatic carbocycles. The molecule has 7 nitrogen and oxygen atoms in total. The summed E-state index contributed by atoms with van der Waals surface area (Å²) in [5, 5.41) is 8.87. The molecule has 29 heavy (non-hydrogen) atoms. The summed E-state index contributed by atoms with van der Waals surface area (Å²) in [5.74, 6) is 0.992. The average molecular weight is 425 g/mol. The van der Waals surface area contributed by atoms with Gasteiger partial charge in [0, 0.05) is 31.2 Å². The molecule has 0 radical (unpaired) electrons. The minimum Gasteiger partial charge on any atom is -0.496 e. The predicted octanol–water partition coefficient (Wildman–Crippen LogP) is 2.47. The van der Waals surface area contributed by atoms with Crippen molar-refractivity contribution in [3.8, 4) is 5.75 Å². The number of hydrogen-bond acceptors (Lipinski definition) is 5. The quantitative estimate of drug-likeness (QED) is 0.676. The highest BCUT2D eigenvalue weighted by atomic mass is 35.5. The first kappa shape index (κ1) is 23.4. The SMILES string of the molecule is COc1ccccc1C1CNCCN1CC(=O)NC(=O)NC1CCCCC1C.Cl. The van der Waals surface area contributed by atoms with E-state index in [-0.39, 0.29) is 43.0 Å². The Kier molecular flexibility index (Phi) is 9.20. The van der Waals surface area contributed by atoms with Crippen LogP contribution in [0, 0.1) is 5.92 Å². The van der Waals surface area contributed by atoms with Crippen LogP contribution in [-0.4, -0.2) is 56.2 Å². The van der Waals surface area contributed by atoms with E-state index < -0.39 is 0 Å². The van der Waals surface area contributed by atoms with Crippen LogP contribution in [0.25, 0.3) is 0 Å². The Morgan fingerprint density at radius 2 is 2.00 bits per heavy atom. The Morgan fingerprint density at radius 3 is 2.76 bits per heavy atom. The summed E-state index contributed by atoms with van der Waals surface area (Å²) in [6.45, 7) is 4.62. The highest BCUT2D eigenvalue weighted by molar-refractivity contribution is 5.95. The maximum Gasteiger partial charge on any atom is 0.321 e. The molecule has 3 N–H and O–H groups in total. The molecule has 3 unspecified atom stereocenters.